The minimum atomic E-state index is -0.535. The van der Waals surface area contributed by atoms with E-state index in [4.69, 9.17) is 4.74 Å². The number of nitrogens with one attached hydrogen (secondary N) is 1. The van der Waals surface area contributed by atoms with Gasteiger partial charge < -0.3 is 14.6 Å². The normalized spacial score (nSPS) is 12.0. The molecule has 7 heteroatoms. The molecular formula is C18H26N4O2S. The average Bonchev–Trinajstić information content (AvgIpc) is 2.94. The van der Waals surface area contributed by atoms with Crippen molar-refractivity contribution in [2.45, 2.75) is 52.4 Å². The molecule has 0 aliphatic rings. The van der Waals surface area contributed by atoms with Crippen LogP contribution in [0.3, 0.4) is 0 Å². The van der Waals surface area contributed by atoms with E-state index in [0.717, 1.165) is 40.2 Å². The minimum Gasteiger partial charge on any atom is -0.481 e. The summed E-state index contributed by atoms with van der Waals surface area (Å²) in [6.45, 7) is 11.1. The fourth-order valence-corrected chi connectivity index (χ4v) is 3.27. The molecule has 2 rings (SSSR count). The van der Waals surface area contributed by atoms with Crippen LogP contribution in [0.4, 0.5) is 0 Å². The smallest absolute Gasteiger partial charge is 0.260 e. The molecule has 0 saturated carbocycles. The van der Waals surface area contributed by atoms with Crippen LogP contribution in [0.15, 0.2) is 23.4 Å². The molecule has 1 aromatic carbocycles. The third-order valence-electron chi connectivity index (χ3n) is 3.87. The summed E-state index contributed by atoms with van der Waals surface area (Å²) in [5, 5.41) is 12.0. The maximum Gasteiger partial charge on any atom is 0.260 e. The molecule has 0 radical (unpaired) electrons. The van der Waals surface area contributed by atoms with Gasteiger partial charge in [-0.25, -0.2) is 0 Å². The highest BCUT2D eigenvalue weighted by Crippen LogP contribution is 2.20. The molecule has 1 amide bonds. The SMILES string of the molecule is CCn1c(C)nnc1SCCNC(=O)C(C)Oc1cc(C)ccc1C. The van der Waals surface area contributed by atoms with Gasteiger partial charge in [0.2, 0.25) is 0 Å². The van der Waals surface area contributed by atoms with Gasteiger partial charge in [0.1, 0.15) is 11.6 Å². The molecule has 0 aliphatic carbocycles. The Morgan fingerprint density at radius 3 is 2.80 bits per heavy atom. The highest BCUT2D eigenvalue weighted by molar-refractivity contribution is 7.99. The molecule has 1 heterocycles. The minimum absolute atomic E-state index is 0.116. The quantitative estimate of drug-likeness (QED) is 0.578. The second-order valence-corrected chi connectivity index (χ2v) is 7.00. The van der Waals surface area contributed by atoms with E-state index in [1.807, 2.05) is 39.0 Å². The van der Waals surface area contributed by atoms with Crippen molar-refractivity contribution in [3.8, 4) is 5.75 Å². The molecule has 0 bridgehead atoms. The number of hydrogen-bond donors (Lipinski definition) is 1. The van der Waals surface area contributed by atoms with E-state index in [9.17, 15) is 4.79 Å². The van der Waals surface area contributed by atoms with Crippen LogP contribution in [-0.4, -0.2) is 39.1 Å². The Balaban J connectivity index is 1.78. The lowest BCUT2D eigenvalue weighted by Crippen LogP contribution is -2.37. The number of hydrogen-bond acceptors (Lipinski definition) is 5. The van der Waals surface area contributed by atoms with Crippen LogP contribution in [0.1, 0.15) is 30.8 Å². The van der Waals surface area contributed by atoms with Crippen LogP contribution >= 0.6 is 11.8 Å². The van der Waals surface area contributed by atoms with Gasteiger partial charge in [-0.05, 0) is 51.8 Å². The number of benzene rings is 1. The third-order valence-corrected chi connectivity index (χ3v) is 4.84. The lowest BCUT2D eigenvalue weighted by atomic mass is 10.1. The zero-order valence-corrected chi connectivity index (χ0v) is 16.3. The van der Waals surface area contributed by atoms with Gasteiger partial charge in [0.25, 0.3) is 5.91 Å². The molecule has 0 aliphatic heterocycles. The molecule has 1 N–H and O–H groups in total. The first kappa shape index (κ1) is 19.3. The number of aryl methyl sites for hydroxylation is 3. The summed E-state index contributed by atoms with van der Waals surface area (Å²) in [7, 11) is 0. The molecular weight excluding hydrogens is 336 g/mol. The Labute approximate surface area is 153 Å². The zero-order valence-electron chi connectivity index (χ0n) is 15.5. The molecule has 0 fully saturated rings. The number of carbonyl (C=O) groups excluding carboxylic acids is 1. The van der Waals surface area contributed by atoms with Crippen molar-refractivity contribution in [1.82, 2.24) is 20.1 Å². The Morgan fingerprint density at radius 1 is 1.32 bits per heavy atom. The van der Waals surface area contributed by atoms with Crippen molar-refractivity contribution in [3.05, 3.63) is 35.2 Å². The Hall–Kier alpha value is -2.02. The van der Waals surface area contributed by atoms with Crippen LogP contribution in [0.5, 0.6) is 5.75 Å². The number of aromatic nitrogens is 3. The van der Waals surface area contributed by atoms with Gasteiger partial charge in [0.15, 0.2) is 11.3 Å². The summed E-state index contributed by atoms with van der Waals surface area (Å²) in [4.78, 5) is 12.2. The second kappa shape index (κ2) is 8.89. The number of carbonyl (C=O) groups is 1. The van der Waals surface area contributed by atoms with Gasteiger partial charge in [-0.3, -0.25) is 4.79 Å². The molecule has 1 aromatic heterocycles. The summed E-state index contributed by atoms with van der Waals surface area (Å²) in [5.41, 5.74) is 2.13. The van der Waals surface area contributed by atoms with Crippen molar-refractivity contribution < 1.29 is 9.53 Å². The van der Waals surface area contributed by atoms with E-state index in [1.165, 1.54) is 0 Å². The number of rotatable bonds is 8. The first-order chi connectivity index (χ1) is 11.9. The lowest BCUT2D eigenvalue weighted by Gasteiger charge is -2.16. The maximum atomic E-state index is 12.2. The molecule has 0 spiro atoms. The van der Waals surface area contributed by atoms with Gasteiger partial charge in [-0.15, -0.1) is 10.2 Å². The van der Waals surface area contributed by atoms with Crippen LogP contribution in [-0.2, 0) is 11.3 Å². The molecule has 25 heavy (non-hydrogen) atoms. The van der Waals surface area contributed by atoms with Gasteiger partial charge in [-0.1, -0.05) is 23.9 Å². The number of nitrogens with zero attached hydrogens (tertiary/aromatic N) is 3. The molecule has 136 valence electrons. The fraction of sp³-hybridized carbons (Fsp3) is 0.500. The molecule has 6 nitrogen and oxygen atoms in total. The van der Waals surface area contributed by atoms with Gasteiger partial charge in [-0.2, -0.15) is 0 Å². The highest BCUT2D eigenvalue weighted by Gasteiger charge is 2.15. The summed E-state index contributed by atoms with van der Waals surface area (Å²) in [6.07, 6.45) is -0.535. The predicted octanol–water partition coefficient (Wildman–Crippen LogP) is 2.90. The number of ether oxygens (including phenoxy) is 1. The average molecular weight is 362 g/mol. The number of amides is 1. The summed E-state index contributed by atoms with van der Waals surface area (Å²) in [6, 6.07) is 5.98. The van der Waals surface area contributed by atoms with Gasteiger partial charge in [0, 0.05) is 18.8 Å². The summed E-state index contributed by atoms with van der Waals surface area (Å²) >= 11 is 1.59. The van der Waals surface area contributed by atoms with Crippen molar-refractivity contribution in [2.75, 3.05) is 12.3 Å². The lowest BCUT2D eigenvalue weighted by molar-refractivity contribution is -0.127. The van der Waals surface area contributed by atoms with Gasteiger partial charge >= 0.3 is 0 Å². The monoisotopic (exact) mass is 362 g/mol. The summed E-state index contributed by atoms with van der Waals surface area (Å²) in [5.74, 6) is 2.28. The zero-order chi connectivity index (χ0) is 18.4. The van der Waals surface area contributed by atoms with E-state index < -0.39 is 6.10 Å². The van der Waals surface area contributed by atoms with E-state index in [-0.39, 0.29) is 5.91 Å². The van der Waals surface area contributed by atoms with Crippen molar-refractivity contribution in [2.24, 2.45) is 0 Å². The Bertz CT molecular complexity index is 730. The Morgan fingerprint density at radius 2 is 2.08 bits per heavy atom. The van der Waals surface area contributed by atoms with Crippen LogP contribution in [0.2, 0.25) is 0 Å². The number of thioether (sulfide) groups is 1. The standard InChI is InChI=1S/C18H26N4O2S/c1-6-22-15(5)20-21-18(22)25-10-9-19-17(23)14(4)24-16-11-12(2)7-8-13(16)3/h7-8,11,14H,6,9-10H2,1-5H3,(H,19,23). The van der Waals surface area contributed by atoms with Crippen molar-refractivity contribution >= 4 is 17.7 Å². The predicted molar refractivity (Wildman–Crippen MR) is 100 cm³/mol. The Kier molecular flexibility index (Phi) is 6.87. The van der Waals surface area contributed by atoms with Crippen LogP contribution in [0.25, 0.3) is 0 Å². The van der Waals surface area contributed by atoms with Crippen LogP contribution < -0.4 is 10.1 Å². The van der Waals surface area contributed by atoms with E-state index in [2.05, 4.69) is 27.0 Å². The largest absolute Gasteiger partial charge is 0.481 e. The van der Waals surface area contributed by atoms with Crippen molar-refractivity contribution in [1.29, 1.82) is 0 Å². The first-order valence-corrected chi connectivity index (χ1v) is 9.45. The fourth-order valence-electron chi connectivity index (χ4n) is 2.37. The highest BCUT2D eigenvalue weighted by atomic mass is 32.2. The molecule has 2 aromatic rings. The molecule has 1 unspecified atom stereocenters. The van der Waals surface area contributed by atoms with Crippen molar-refractivity contribution in [3.63, 3.8) is 0 Å². The van der Waals surface area contributed by atoms with Gasteiger partial charge in [0.05, 0.1) is 0 Å². The second-order valence-electron chi connectivity index (χ2n) is 5.94. The van der Waals surface area contributed by atoms with E-state index in [0.29, 0.717) is 6.54 Å². The topological polar surface area (TPSA) is 69.0 Å². The first-order valence-electron chi connectivity index (χ1n) is 8.46. The summed E-state index contributed by atoms with van der Waals surface area (Å²) < 4.78 is 7.85. The van der Waals surface area contributed by atoms with E-state index in [1.54, 1.807) is 18.7 Å². The van der Waals surface area contributed by atoms with Crippen LogP contribution in [0, 0.1) is 20.8 Å². The molecule has 1 atom stereocenters. The van der Waals surface area contributed by atoms with E-state index >= 15 is 0 Å². The molecule has 0 saturated heterocycles. The third kappa shape index (κ3) is 5.22. The maximum absolute atomic E-state index is 12.2.